The fraction of sp³-hybridized carbons (Fsp3) is 0.437. The molecule has 11 heterocycles. The van der Waals surface area contributed by atoms with E-state index in [1.807, 2.05) is 334 Å². The second-order valence-electron chi connectivity index (χ2n) is 21.2. The summed E-state index contributed by atoms with van der Waals surface area (Å²) in [6.07, 6.45) is 3.50. The normalized spacial score (nSPS) is 8.38. The maximum absolute atomic E-state index is 5.08. The van der Waals surface area contributed by atoms with E-state index < -0.39 is 0 Å². The molecule has 15 rings (SSSR count). The minimum atomic E-state index is 0.708. The number of aromatic nitrogens is 5. The number of hydrogen-bond acceptors (Lipinski definition) is 12. The van der Waals surface area contributed by atoms with Crippen molar-refractivity contribution in [2.45, 2.75) is 305 Å². The van der Waals surface area contributed by atoms with E-state index in [1.165, 1.54) is 92.7 Å². The molecule has 11 aromatic heterocycles. The van der Waals surface area contributed by atoms with Gasteiger partial charge in [0, 0.05) is 74.2 Å². The van der Waals surface area contributed by atoms with Gasteiger partial charge in [0.05, 0.1) is 20.7 Å². The predicted octanol–water partition coefficient (Wildman–Crippen LogP) is 38.1. The van der Waals surface area contributed by atoms with Crippen LogP contribution >= 0.6 is 79.4 Å². The Labute approximate surface area is 755 Å². The predicted molar refractivity (Wildman–Crippen MR) is 558 cm³/mol. The van der Waals surface area contributed by atoms with Gasteiger partial charge in [0.2, 0.25) is 0 Å². The molecular formula is C103H167N5OS7Se. The molecule has 14 heteroatoms. The number of thiophene rings is 4. The average Bonchev–Trinajstić information content (AvgIpc) is 1.63. The molecule has 0 saturated carbocycles. The van der Waals surface area contributed by atoms with Crippen molar-refractivity contribution in [1.82, 2.24) is 24.5 Å². The summed E-state index contributed by atoms with van der Waals surface area (Å²) in [5.41, 5.74) is 6.78. The fourth-order valence-electron chi connectivity index (χ4n) is 8.20. The van der Waals surface area contributed by atoms with Crippen LogP contribution in [0.25, 0.3) is 39.9 Å². The van der Waals surface area contributed by atoms with E-state index in [9.17, 15) is 0 Å². The Morgan fingerprint density at radius 2 is 0.598 bits per heavy atom. The van der Waals surface area contributed by atoms with Gasteiger partial charge in [0.25, 0.3) is 0 Å². The molecule has 0 N–H and O–H groups in total. The molecule has 0 unspecified atom stereocenters. The molecule has 658 valence electrons. The molecule has 0 saturated heterocycles. The van der Waals surface area contributed by atoms with E-state index in [2.05, 4.69) is 230 Å². The Hall–Kier alpha value is -6.68. The summed E-state index contributed by atoms with van der Waals surface area (Å²) >= 11 is 13.4. The summed E-state index contributed by atoms with van der Waals surface area (Å²) in [5.74, 6) is 1.97. The number of rotatable bonds is 0. The summed E-state index contributed by atoms with van der Waals surface area (Å²) < 4.78 is 14.7. The zero-order chi connectivity index (χ0) is 92.4. The molecule has 0 aliphatic rings. The molecule has 6 nitrogen and oxygen atoms in total. The van der Waals surface area contributed by atoms with E-state index in [0.717, 1.165) is 31.2 Å². The monoisotopic (exact) mass is 1790 g/mol. The van der Waals surface area contributed by atoms with Crippen molar-refractivity contribution >= 4 is 134 Å². The molecule has 15 aromatic rings. The number of aryl methyl sites for hydroxylation is 18. The van der Waals surface area contributed by atoms with Gasteiger partial charge in [0.15, 0.2) is 9.66 Å². The van der Waals surface area contributed by atoms with Gasteiger partial charge in [-0.1, -0.05) is 312 Å². The SMILES string of the molecule is CC.CC.CC.CC.CC.CC.CC.CC.CC.CC.CC.CC.CC.Cc1cc2ccccc2s1.Cc1ccc(C)[se]1.Cc1ccc(C)n1C.Cc1ccc(C)o1.Cc1ccc(C)s1.Cc1nc(C)c(C)s1.Cc1nc2sc(C)nc2s1.Cc1sc2c(C)c(C)sc2c1C.c1ccc2ccccc2c1.c1ccccc1.c1ccncc1. The molecular weight excluding hydrogens is 1630 g/mol. The third-order valence-corrected chi connectivity index (χ3v) is 23.0. The van der Waals surface area contributed by atoms with E-state index in [4.69, 9.17) is 4.42 Å². The Bertz CT molecular complexity index is 3980. The summed E-state index contributed by atoms with van der Waals surface area (Å²) in [4.78, 5) is 27.3. The summed E-state index contributed by atoms with van der Waals surface area (Å²) in [7, 11) is 2.07. The second-order valence-corrected chi connectivity index (χ2v) is 33.4. The summed E-state index contributed by atoms with van der Waals surface area (Å²) in [5, 5.41) is 7.36. The standard InChI is InChI=1S/C10H12S2.C10H8.C9H8S.C7H11N.C6H6N2S2.C6H9NS.C6H8O.C6H8S.C6H8Se.C6H6.C5H5N.13C2H6/c1-5-7(3)11-10-6(2)8(4)12-9(5)10;1-2-6-10-8-4-3-7-9(10)5-1;1-7-6-8-4-2-3-5-9(8)10-7;1-6-4-5-7(2)8(6)3;1-3-7-5-6(9-3)8-4(2)10-5;1-4-5(2)8-6(3)7-4;3*1-5-3-4-6(2)7-5;2*1-2-4-6-5-3-1;13*1-2/h1-4H3;1-8H;2-6H,1H3;4-5H,1-3H3;1-2H3;1-3H3;3*3-4H,1-2H3;1-6H;1-5H;13*1-2H3. The fourth-order valence-corrected chi connectivity index (χ4v) is 16.8. The van der Waals surface area contributed by atoms with Gasteiger partial charge in [-0.2, -0.15) is 0 Å². The van der Waals surface area contributed by atoms with Gasteiger partial charge in [-0.25, -0.2) is 15.0 Å². The minimum Gasteiger partial charge on any atom is -0.467 e. The van der Waals surface area contributed by atoms with Crippen LogP contribution in [0.5, 0.6) is 0 Å². The smallest absolute Gasteiger partial charge is 0.155 e. The quantitative estimate of drug-likeness (QED) is 0.142. The van der Waals surface area contributed by atoms with Crippen LogP contribution in [0.1, 0.15) is 273 Å². The largest absolute Gasteiger partial charge is 0.467 e. The number of thiazole rings is 3. The van der Waals surface area contributed by atoms with Crippen molar-refractivity contribution in [1.29, 1.82) is 0 Å². The zero-order valence-electron chi connectivity index (χ0n) is 82.4. The molecule has 0 atom stereocenters. The van der Waals surface area contributed by atoms with Gasteiger partial charge in [-0.05, 0) is 199 Å². The molecule has 0 aliphatic heterocycles. The van der Waals surface area contributed by atoms with Crippen molar-refractivity contribution in [2.24, 2.45) is 7.05 Å². The van der Waals surface area contributed by atoms with Crippen LogP contribution in [0.3, 0.4) is 0 Å². The second kappa shape index (κ2) is 90.1. The van der Waals surface area contributed by atoms with Crippen LogP contribution in [0, 0.1) is 125 Å². The first kappa shape index (κ1) is 128. The van der Waals surface area contributed by atoms with Crippen LogP contribution in [-0.4, -0.2) is 39.0 Å². The van der Waals surface area contributed by atoms with E-state index >= 15 is 0 Å². The molecule has 0 fully saturated rings. The molecule has 0 spiro atoms. The molecule has 0 aliphatic carbocycles. The maximum Gasteiger partial charge on any atom is 0.155 e. The van der Waals surface area contributed by atoms with E-state index in [1.54, 1.807) is 55.3 Å². The summed E-state index contributed by atoms with van der Waals surface area (Å²) in [6, 6.07) is 62.0. The van der Waals surface area contributed by atoms with Gasteiger partial charge < -0.3 is 8.98 Å². The topological polar surface area (TPSA) is 69.6 Å². The van der Waals surface area contributed by atoms with Crippen LogP contribution in [-0.2, 0) is 7.05 Å². The van der Waals surface area contributed by atoms with Crippen LogP contribution in [0.2, 0.25) is 0 Å². The third kappa shape index (κ3) is 62.2. The van der Waals surface area contributed by atoms with Crippen LogP contribution < -0.4 is 0 Å². The van der Waals surface area contributed by atoms with Crippen molar-refractivity contribution in [3.05, 3.63) is 287 Å². The molecule has 0 radical (unpaired) electrons. The van der Waals surface area contributed by atoms with Gasteiger partial charge >= 0.3 is 49.4 Å². The van der Waals surface area contributed by atoms with Crippen molar-refractivity contribution in [3.8, 4) is 0 Å². The molecule has 117 heavy (non-hydrogen) atoms. The number of hydrogen-bond donors (Lipinski definition) is 0. The number of furan rings is 1. The van der Waals surface area contributed by atoms with Crippen molar-refractivity contribution in [3.63, 3.8) is 0 Å². The first-order chi connectivity index (χ1) is 56.5. The van der Waals surface area contributed by atoms with Crippen molar-refractivity contribution < 1.29 is 4.42 Å². The minimum absolute atomic E-state index is 0.708. The number of nitrogens with zero attached hydrogens (tertiary/aromatic N) is 5. The Kier molecular flexibility index (Phi) is 98.9. The van der Waals surface area contributed by atoms with Gasteiger partial charge in [-0.15, -0.1) is 56.7 Å². The van der Waals surface area contributed by atoms with Gasteiger partial charge in [-0.3, -0.25) is 4.98 Å². The maximum atomic E-state index is 5.08. The van der Waals surface area contributed by atoms with Crippen LogP contribution in [0.4, 0.5) is 0 Å². The van der Waals surface area contributed by atoms with Crippen LogP contribution in [0.15, 0.2) is 199 Å². The Morgan fingerprint density at radius 1 is 0.282 bits per heavy atom. The molecule has 4 aromatic carbocycles. The van der Waals surface area contributed by atoms with E-state index in [-0.39, 0.29) is 0 Å². The first-order valence-corrected chi connectivity index (χ1v) is 50.4. The molecule has 0 bridgehead atoms. The zero-order valence-corrected chi connectivity index (χ0v) is 89.8. The van der Waals surface area contributed by atoms with E-state index in [0.29, 0.717) is 14.5 Å². The summed E-state index contributed by atoms with van der Waals surface area (Å²) in [6.45, 7) is 89.9. The Morgan fingerprint density at radius 3 is 0.812 bits per heavy atom. The molecule has 0 amide bonds. The number of benzene rings is 4. The third-order valence-electron chi connectivity index (χ3n) is 13.5. The van der Waals surface area contributed by atoms with Crippen molar-refractivity contribution in [2.75, 3.05) is 0 Å². The number of fused-ring (bicyclic) bond motifs is 4. The average molecular weight is 1790 g/mol. The number of pyridine rings is 1. The van der Waals surface area contributed by atoms with Gasteiger partial charge in [0.1, 0.15) is 11.5 Å². The first-order valence-electron chi connectivity index (χ1n) is 43.0. The Balaban J connectivity index is -0.000000153.